The molecule has 0 atom stereocenters. The summed E-state index contributed by atoms with van der Waals surface area (Å²) in [6.45, 7) is 1.40. The Balaban J connectivity index is 3.33. The zero-order valence-electron chi connectivity index (χ0n) is 6.92. The highest BCUT2D eigenvalue weighted by molar-refractivity contribution is 7.91. The maximum atomic E-state index is 12.9. The molecule has 0 radical (unpaired) electrons. The van der Waals surface area contributed by atoms with Crippen molar-refractivity contribution < 1.29 is 17.2 Å². The Bertz CT molecular complexity index is 412. The summed E-state index contributed by atoms with van der Waals surface area (Å²) >= 11 is 0. The summed E-state index contributed by atoms with van der Waals surface area (Å²) in [5.74, 6) is -2.02. The molecule has 0 bridgehead atoms. The van der Waals surface area contributed by atoms with E-state index in [1.165, 1.54) is 6.92 Å². The lowest BCUT2D eigenvalue weighted by Gasteiger charge is -2.01. The average Bonchev–Trinajstić information content (AvgIpc) is 2.03. The fourth-order valence-electron chi connectivity index (χ4n) is 0.883. The van der Waals surface area contributed by atoms with E-state index in [0.29, 0.717) is 6.07 Å². The van der Waals surface area contributed by atoms with Crippen LogP contribution in [0.3, 0.4) is 0 Å². The van der Waals surface area contributed by atoms with Gasteiger partial charge in [0.25, 0.3) is 0 Å². The molecule has 0 heterocycles. The molecule has 1 aromatic rings. The minimum Gasteiger partial charge on any atom is -0.224 e. The van der Waals surface area contributed by atoms with Gasteiger partial charge in [-0.15, -0.1) is 0 Å². The van der Waals surface area contributed by atoms with Crippen molar-refractivity contribution in [2.75, 3.05) is 5.75 Å². The number of halogens is 2. The van der Waals surface area contributed by atoms with Crippen molar-refractivity contribution in [1.29, 1.82) is 0 Å². The van der Waals surface area contributed by atoms with Crippen molar-refractivity contribution in [3.05, 3.63) is 29.8 Å². The molecule has 0 saturated heterocycles. The van der Waals surface area contributed by atoms with Gasteiger partial charge in [0.2, 0.25) is 0 Å². The summed E-state index contributed by atoms with van der Waals surface area (Å²) in [5.41, 5.74) is 0. The molecule has 1 aromatic carbocycles. The standard InChI is InChI=1S/C8H8F2O2S/c1-2-13(11,12)8-4-3-6(9)5-7(8)10/h3-5H,2H2,1H3. The van der Waals surface area contributed by atoms with Crippen LogP contribution in [-0.2, 0) is 9.84 Å². The maximum absolute atomic E-state index is 12.9. The van der Waals surface area contributed by atoms with E-state index < -0.39 is 26.4 Å². The maximum Gasteiger partial charge on any atom is 0.181 e. The van der Waals surface area contributed by atoms with Gasteiger partial charge in [0.05, 0.1) is 5.75 Å². The van der Waals surface area contributed by atoms with Gasteiger partial charge in [-0.05, 0) is 12.1 Å². The molecule has 0 aliphatic carbocycles. The Morgan fingerprint density at radius 2 is 1.92 bits per heavy atom. The molecule has 2 nitrogen and oxygen atoms in total. The number of hydrogen-bond donors (Lipinski definition) is 0. The van der Waals surface area contributed by atoms with Gasteiger partial charge in [0, 0.05) is 6.07 Å². The quantitative estimate of drug-likeness (QED) is 0.691. The molecule has 0 spiro atoms. The molecule has 0 unspecified atom stereocenters. The summed E-state index contributed by atoms with van der Waals surface area (Å²) in [6.07, 6.45) is 0. The summed E-state index contributed by atoms with van der Waals surface area (Å²) in [5, 5.41) is 0. The normalized spacial score (nSPS) is 11.6. The zero-order chi connectivity index (χ0) is 10.1. The lowest BCUT2D eigenvalue weighted by molar-refractivity contribution is 0.549. The van der Waals surface area contributed by atoms with Crippen molar-refractivity contribution in [3.8, 4) is 0 Å². The van der Waals surface area contributed by atoms with Crippen LogP contribution in [0.25, 0.3) is 0 Å². The predicted octanol–water partition coefficient (Wildman–Crippen LogP) is 1.76. The minimum absolute atomic E-state index is 0.199. The van der Waals surface area contributed by atoms with Crippen molar-refractivity contribution in [2.24, 2.45) is 0 Å². The second-order valence-corrected chi connectivity index (χ2v) is 4.72. The highest BCUT2D eigenvalue weighted by atomic mass is 32.2. The number of sulfone groups is 1. The van der Waals surface area contributed by atoms with Gasteiger partial charge < -0.3 is 0 Å². The van der Waals surface area contributed by atoms with Gasteiger partial charge in [-0.25, -0.2) is 17.2 Å². The van der Waals surface area contributed by atoms with Gasteiger partial charge in [0.15, 0.2) is 9.84 Å². The molecule has 0 aromatic heterocycles. The molecule has 1 rings (SSSR count). The Kier molecular flexibility index (Phi) is 2.66. The molecule has 72 valence electrons. The first kappa shape index (κ1) is 10.1. The van der Waals surface area contributed by atoms with E-state index in [9.17, 15) is 17.2 Å². The van der Waals surface area contributed by atoms with Crippen LogP contribution in [0, 0.1) is 11.6 Å². The van der Waals surface area contributed by atoms with Crippen LogP contribution in [0.2, 0.25) is 0 Å². The van der Waals surface area contributed by atoms with E-state index in [1.807, 2.05) is 0 Å². The third-order valence-electron chi connectivity index (χ3n) is 1.61. The molecular formula is C8H8F2O2S. The molecule has 0 amide bonds. The van der Waals surface area contributed by atoms with Gasteiger partial charge in [-0.1, -0.05) is 6.92 Å². The predicted molar refractivity (Wildman–Crippen MR) is 44.1 cm³/mol. The fourth-order valence-corrected chi connectivity index (χ4v) is 1.83. The minimum atomic E-state index is -3.59. The molecule has 0 saturated carbocycles. The van der Waals surface area contributed by atoms with Crippen LogP contribution < -0.4 is 0 Å². The van der Waals surface area contributed by atoms with Gasteiger partial charge >= 0.3 is 0 Å². The Labute approximate surface area is 75.1 Å². The Morgan fingerprint density at radius 1 is 1.31 bits per heavy atom. The molecular weight excluding hydrogens is 198 g/mol. The van der Waals surface area contributed by atoms with Crippen molar-refractivity contribution in [1.82, 2.24) is 0 Å². The van der Waals surface area contributed by atoms with E-state index in [-0.39, 0.29) is 5.75 Å². The van der Waals surface area contributed by atoms with Gasteiger partial charge in [0.1, 0.15) is 16.5 Å². The highest BCUT2D eigenvalue weighted by Gasteiger charge is 2.16. The third kappa shape index (κ3) is 2.03. The number of rotatable bonds is 2. The molecule has 0 fully saturated rings. The molecule has 0 N–H and O–H groups in total. The Morgan fingerprint density at radius 3 is 2.38 bits per heavy atom. The third-order valence-corrected chi connectivity index (χ3v) is 3.37. The first-order valence-corrected chi connectivity index (χ1v) is 5.30. The van der Waals surface area contributed by atoms with E-state index in [2.05, 4.69) is 0 Å². The van der Waals surface area contributed by atoms with Crippen molar-refractivity contribution in [2.45, 2.75) is 11.8 Å². The Hall–Kier alpha value is -0.970. The van der Waals surface area contributed by atoms with Crippen LogP contribution in [0.15, 0.2) is 23.1 Å². The largest absolute Gasteiger partial charge is 0.224 e. The first-order chi connectivity index (χ1) is 5.97. The van der Waals surface area contributed by atoms with E-state index in [4.69, 9.17) is 0 Å². The summed E-state index contributed by atoms with van der Waals surface area (Å²) in [4.78, 5) is -0.448. The first-order valence-electron chi connectivity index (χ1n) is 3.65. The molecule has 0 aliphatic heterocycles. The van der Waals surface area contributed by atoms with Crippen LogP contribution in [0.4, 0.5) is 8.78 Å². The van der Waals surface area contributed by atoms with E-state index in [1.54, 1.807) is 0 Å². The van der Waals surface area contributed by atoms with Gasteiger partial charge in [-0.3, -0.25) is 0 Å². The van der Waals surface area contributed by atoms with Crippen LogP contribution >= 0.6 is 0 Å². The number of benzene rings is 1. The van der Waals surface area contributed by atoms with E-state index >= 15 is 0 Å². The monoisotopic (exact) mass is 206 g/mol. The molecule has 13 heavy (non-hydrogen) atoms. The lowest BCUT2D eigenvalue weighted by Crippen LogP contribution is -2.06. The average molecular weight is 206 g/mol. The van der Waals surface area contributed by atoms with Crippen LogP contribution in [-0.4, -0.2) is 14.2 Å². The summed E-state index contributed by atoms with van der Waals surface area (Å²) in [7, 11) is -3.59. The van der Waals surface area contributed by atoms with Crippen molar-refractivity contribution in [3.63, 3.8) is 0 Å². The topological polar surface area (TPSA) is 34.1 Å². The second kappa shape index (κ2) is 3.41. The second-order valence-electron chi connectivity index (χ2n) is 2.48. The fraction of sp³-hybridized carbons (Fsp3) is 0.250. The lowest BCUT2D eigenvalue weighted by atomic mass is 10.3. The smallest absolute Gasteiger partial charge is 0.181 e. The van der Waals surface area contributed by atoms with Crippen LogP contribution in [0.5, 0.6) is 0 Å². The van der Waals surface area contributed by atoms with E-state index in [0.717, 1.165) is 12.1 Å². The summed E-state index contributed by atoms with van der Waals surface area (Å²) < 4.78 is 47.7. The zero-order valence-corrected chi connectivity index (χ0v) is 7.74. The van der Waals surface area contributed by atoms with Crippen LogP contribution in [0.1, 0.15) is 6.92 Å². The number of hydrogen-bond acceptors (Lipinski definition) is 2. The van der Waals surface area contributed by atoms with Gasteiger partial charge in [-0.2, -0.15) is 0 Å². The highest BCUT2D eigenvalue weighted by Crippen LogP contribution is 2.16. The summed E-state index contributed by atoms with van der Waals surface area (Å²) in [6, 6.07) is 2.41. The van der Waals surface area contributed by atoms with Crippen molar-refractivity contribution >= 4 is 9.84 Å². The molecule has 0 aliphatic rings. The molecule has 5 heteroatoms. The SMILES string of the molecule is CCS(=O)(=O)c1ccc(F)cc1F.